The van der Waals surface area contributed by atoms with Crippen LogP contribution in [0, 0.1) is 0 Å². The van der Waals surface area contributed by atoms with Gasteiger partial charge in [0, 0.05) is 31.0 Å². The van der Waals surface area contributed by atoms with Gasteiger partial charge in [-0.1, -0.05) is 11.8 Å². The minimum atomic E-state index is -4.39. The SMILES string of the molecule is O=C(CCN1CCSC1=O)Nc1ccc(C(F)(F)F)cc1. The van der Waals surface area contributed by atoms with Crippen molar-refractivity contribution in [1.29, 1.82) is 0 Å². The molecule has 0 unspecified atom stereocenters. The molecule has 0 saturated carbocycles. The Morgan fingerprint density at radius 2 is 1.95 bits per heavy atom. The molecule has 2 amide bonds. The third-order valence-corrected chi connectivity index (χ3v) is 3.84. The summed E-state index contributed by atoms with van der Waals surface area (Å²) in [4.78, 5) is 24.6. The van der Waals surface area contributed by atoms with Crippen molar-refractivity contribution in [3.8, 4) is 0 Å². The van der Waals surface area contributed by atoms with Gasteiger partial charge in [0.2, 0.25) is 5.91 Å². The second-order valence-electron chi connectivity index (χ2n) is 4.47. The minimum Gasteiger partial charge on any atom is -0.332 e. The van der Waals surface area contributed by atoms with Crippen molar-refractivity contribution < 1.29 is 22.8 Å². The van der Waals surface area contributed by atoms with Gasteiger partial charge in [-0.25, -0.2) is 0 Å². The lowest BCUT2D eigenvalue weighted by molar-refractivity contribution is -0.137. The van der Waals surface area contributed by atoms with E-state index in [9.17, 15) is 22.8 Å². The summed E-state index contributed by atoms with van der Waals surface area (Å²) >= 11 is 1.21. The molecule has 1 fully saturated rings. The van der Waals surface area contributed by atoms with Crippen LogP contribution < -0.4 is 5.32 Å². The number of alkyl halides is 3. The molecule has 0 aliphatic carbocycles. The fourth-order valence-electron chi connectivity index (χ4n) is 1.83. The Morgan fingerprint density at radius 1 is 1.29 bits per heavy atom. The summed E-state index contributed by atoms with van der Waals surface area (Å²) in [5, 5.41) is 2.46. The van der Waals surface area contributed by atoms with Gasteiger partial charge in [0.1, 0.15) is 0 Å². The number of benzene rings is 1. The van der Waals surface area contributed by atoms with Crippen molar-refractivity contribution >= 4 is 28.6 Å². The van der Waals surface area contributed by atoms with E-state index in [2.05, 4.69) is 5.32 Å². The predicted molar refractivity (Wildman–Crippen MR) is 74.1 cm³/mol. The van der Waals surface area contributed by atoms with Crippen LogP contribution >= 0.6 is 11.8 Å². The van der Waals surface area contributed by atoms with Crippen LogP contribution in [0.5, 0.6) is 0 Å². The van der Waals surface area contributed by atoms with Crippen molar-refractivity contribution in [2.24, 2.45) is 0 Å². The van der Waals surface area contributed by atoms with Crippen molar-refractivity contribution in [3.63, 3.8) is 0 Å². The summed E-state index contributed by atoms with van der Waals surface area (Å²) in [6.45, 7) is 0.940. The molecule has 0 radical (unpaired) electrons. The van der Waals surface area contributed by atoms with Gasteiger partial charge in [-0.2, -0.15) is 13.2 Å². The van der Waals surface area contributed by atoms with E-state index in [-0.39, 0.29) is 17.6 Å². The predicted octanol–water partition coefficient (Wildman–Crippen LogP) is 3.20. The standard InChI is InChI=1S/C13H13F3N2O2S/c14-13(15,16)9-1-3-10(4-2-9)17-11(19)5-6-18-7-8-21-12(18)20/h1-4H,5-8H2,(H,17,19). The van der Waals surface area contributed by atoms with Gasteiger partial charge in [-0.15, -0.1) is 0 Å². The third kappa shape index (κ3) is 4.38. The lowest BCUT2D eigenvalue weighted by Crippen LogP contribution is -2.27. The van der Waals surface area contributed by atoms with E-state index >= 15 is 0 Å². The smallest absolute Gasteiger partial charge is 0.332 e. The summed E-state index contributed by atoms with van der Waals surface area (Å²) in [5.41, 5.74) is -0.463. The molecule has 0 spiro atoms. The van der Waals surface area contributed by atoms with E-state index in [4.69, 9.17) is 0 Å². The van der Waals surface area contributed by atoms with E-state index in [0.717, 1.165) is 17.9 Å². The first-order valence-corrected chi connectivity index (χ1v) is 7.23. The van der Waals surface area contributed by atoms with E-state index in [1.807, 2.05) is 0 Å². The molecule has 1 aliphatic heterocycles. The Kier molecular flexibility index (Phi) is 4.76. The number of hydrogen-bond acceptors (Lipinski definition) is 3. The van der Waals surface area contributed by atoms with Crippen molar-refractivity contribution in [2.45, 2.75) is 12.6 Å². The average molecular weight is 318 g/mol. The van der Waals surface area contributed by atoms with Crippen LogP contribution in [0.1, 0.15) is 12.0 Å². The number of amides is 2. The molecule has 1 aromatic carbocycles. The van der Waals surface area contributed by atoms with E-state index < -0.39 is 11.7 Å². The molecule has 1 N–H and O–H groups in total. The highest BCUT2D eigenvalue weighted by atomic mass is 32.2. The first kappa shape index (κ1) is 15.7. The largest absolute Gasteiger partial charge is 0.416 e. The summed E-state index contributed by atoms with van der Waals surface area (Å²) < 4.78 is 37.2. The number of halogens is 3. The van der Waals surface area contributed by atoms with Crippen molar-refractivity contribution in [1.82, 2.24) is 4.90 Å². The minimum absolute atomic E-state index is 0.0441. The van der Waals surface area contributed by atoms with Crippen LogP contribution in [0.15, 0.2) is 24.3 Å². The average Bonchev–Trinajstić information content (AvgIpc) is 2.81. The summed E-state index contributed by atoms with van der Waals surface area (Å²) in [7, 11) is 0. The molecule has 4 nitrogen and oxygen atoms in total. The van der Waals surface area contributed by atoms with E-state index in [1.54, 1.807) is 4.90 Å². The van der Waals surface area contributed by atoms with Crippen LogP contribution in [-0.2, 0) is 11.0 Å². The molecule has 8 heteroatoms. The number of nitrogens with one attached hydrogen (secondary N) is 1. The van der Waals surface area contributed by atoms with Gasteiger partial charge in [0.05, 0.1) is 5.56 Å². The Labute approximate surface area is 123 Å². The van der Waals surface area contributed by atoms with Crippen molar-refractivity contribution in [3.05, 3.63) is 29.8 Å². The fraction of sp³-hybridized carbons (Fsp3) is 0.385. The zero-order chi connectivity index (χ0) is 15.5. The Bertz CT molecular complexity index is 531. The number of hydrogen-bond donors (Lipinski definition) is 1. The monoisotopic (exact) mass is 318 g/mol. The number of carbonyl (C=O) groups is 2. The molecule has 0 atom stereocenters. The number of thioether (sulfide) groups is 1. The molecule has 0 aromatic heterocycles. The molecular weight excluding hydrogens is 305 g/mol. The van der Waals surface area contributed by atoms with Gasteiger partial charge in [-0.05, 0) is 24.3 Å². The van der Waals surface area contributed by atoms with Gasteiger partial charge in [0.25, 0.3) is 5.24 Å². The molecular formula is C13H13F3N2O2S. The van der Waals surface area contributed by atoms with Gasteiger partial charge >= 0.3 is 6.18 Å². The molecule has 21 heavy (non-hydrogen) atoms. The van der Waals surface area contributed by atoms with Gasteiger partial charge in [0.15, 0.2) is 0 Å². The highest BCUT2D eigenvalue weighted by molar-refractivity contribution is 8.13. The molecule has 1 heterocycles. The lowest BCUT2D eigenvalue weighted by atomic mass is 10.2. The van der Waals surface area contributed by atoms with Gasteiger partial charge in [-0.3, -0.25) is 9.59 Å². The van der Waals surface area contributed by atoms with Crippen LogP contribution in [0.4, 0.5) is 23.7 Å². The Morgan fingerprint density at radius 3 is 2.48 bits per heavy atom. The number of rotatable bonds is 4. The van der Waals surface area contributed by atoms with E-state index in [1.165, 1.54) is 23.9 Å². The number of carbonyl (C=O) groups excluding carboxylic acids is 2. The first-order chi connectivity index (χ1) is 9.86. The summed E-state index contributed by atoms with van der Waals surface area (Å²) in [5.74, 6) is 0.388. The lowest BCUT2D eigenvalue weighted by Gasteiger charge is -2.14. The molecule has 114 valence electrons. The highest BCUT2D eigenvalue weighted by Crippen LogP contribution is 2.29. The maximum atomic E-state index is 12.4. The second kappa shape index (κ2) is 6.38. The number of anilines is 1. The normalized spacial score (nSPS) is 15.4. The fourth-order valence-corrected chi connectivity index (χ4v) is 2.68. The topological polar surface area (TPSA) is 49.4 Å². The van der Waals surface area contributed by atoms with Crippen LogP contribution in [0.2, 0.25) is 0 Å². The zero-order valence-electron chi connectivity index (χ0n) is 10.9. The Balaban J connectivity index is 1.83. The summed E-state index contributed by atoms with van der Waals surface area (Å²) in [6.07, 6.45) is -4.27. The maximum absolute atomic E-state index is 12.4. The molecule has 0 bridgehead atoms. The van der Waals surface area contributed by atoms with Crippen LogP contribution in [0.3, 0.4) is 0 Å². The second-order valence-corrected chi connectivity index (χ2v) is 5.52. The molecule has 1 aromatic rings. The Hall–Kier alpha value is -1.70. The van der Waals surface area contributed by atoms with E-state index in [0.29, 0.717) is 18.8 Å². The molecule has 1 aliphatic rings. The van der Waals surface area contributed by atoms with Crippen molar-refractivity contribution in [2.75, 3.05) is 24.2 Å². The van der Waals surface area contributed by atoms with Gasteiger partial charge < -0.3 is 10.2 Å². The zero-order valence-corrected chi connectivity index (χ0v) is 11.8. The molecule has 2 rings (SSSR count). The van der Waals surface area contributed by atoms with Crippen LogP contribution in [-0.4, -0.2) is 34.9 Å². The number of nitrogens with zero attached hydrogens (tertiary/aromatic N) is 1. The first-order valence-electron chi connectivity index (χ1n) is 6.25. The summed E-state index contributed by atoms with van der Waals surface area (Å²) in [6, 6.07) is 4.24. The maximum Gasteiger partial charge on any atom is 0.416 e. The highest BCUT2D eigenvalue weighted by Gasteiger charge is 2.30. The third-order valence-electron chi connectivity index (χ3n) is 2.95. The quantitative estimate of drug-likeness (QED) is 0.927. The van der Waals surface area contributed by atoms with Crippen LogP contribution in [0.25, 0.3) is 0 Å². The molecule has 1 saturated heterocycles.